The highest BCUT2D eigenvalue weighted by atomic mass is 32.3. The smallest absolute Gasteiger partial charge is 0.404 e. The number of carbonyl (C=O) groups excluding carboxylic acids is 8. The standard InChI is InChI=1S/C55H83N17O21S3.H2O4S/c1-20-33(69-46(72-44(20)58)25(12-31(57)76)64-13-24(56)45(59)82)50(86)71-35(41(26-14-61-19-66-26)91-54-43(39(80)37(78)28(16-73)90-54)92-53-40(81)42(93-55(60)88)38(79)29(17-74)89-53)51(87)67-22(3)36(77)21(2)47(83)70-34(23(4)75)49(85)63-10-8-32-68-27(18-94-32)52-65-15-30(95-52)48(84)62-9-7-11-96(5)6;1-5(2,3)4/h14-15,18-19,21-25,28-29,34-43,53-54,64,73-75,77-81H,7-13,16-17,56H2,1-6H3,(H13-,57,58,59,60,61,62,63,66,67,69,70,71,72,76,82,83,84,85,86,87,88);(H2,1,2,3,4)/t21-,22+,23+,24-,25-,28-,29+,34+,35+,36-,37+,38+,39-,40-,41-,42+,43-,53-,54-;/m0./s1. The fourth-order valence-electron chi connectivity index (χ4n) is 9.80. The number of nitrogens with zero attached hydrogens (tertiary/aromatic N) is 5. The number of amides is 8. The zero-order valence-electron chi connectivity index (χ0n) is 55.0. The summed E-state index contributed by atoms with van der Waals surface area (Å²) < 4.78 is 61.6. The summed E-state index contributed by atoms with van der Waals surface area (Å²) in [5.41, 5.74) is 27.8. The molecule has 2 saturated heterocycles. The fraction of sp³-hybridized carbons (Fsp3) is 0.618. The molecule has 42 nitrogen and oxygen atoms in total. The highest BCUT2D eigenvalue weighted by Crippen LogP contribution is 2.35. The molecule has 2 aliphatic heterocycles. The Morgan fingerprint density at radius 1 is 0.822 bits per heavy atom. The lowest BCUT2D eigenvalue weighted by molar-refractivity contribution is -0.372. The van der Waals surface area contributed by atoms with Crippen molar-refractivity contribution >= 4 is 97.2 Å². The number of hydrogen-bond donors (Lipinski definition) is 21. The minimum Gasteiger partial charge on any atom is -0.726 e. The van der Waals surface area contributed by atoms with Crippen LogP contribution in [0.2, 0.25) is 0 Å². The Morgan fingerprint density at radius 2 is 1.48 bits per heavy atom. The van der Waals surface area contributed by atoms with Gasteiger partial charge in [-0.05, 0) is 31.7 Å². The number of hydrogen-bond acceptors (Lipinski definition) is 34. The van der Waals surface area contributed by atoms with E-state index in [0.717, 1.165) is 24.7 Å². The van der Waals surface area contributed by atoms with Crippen LogP contribution in [0, 0.1) is 12.8 Å². The van der Waals surface area contributed by atoms with Crippen LogP contribution in [0.3, 0.4) is 0 Å². The first-order valence-electron chi connectivity index (χ1n) is 30.5. The number of thiazole rings is 2. The van der Waals surface area contributed by atoms with Gasteiger partial charge in [0.05, 0.1) is 91.4 Å². The van der Waals surface area contributed by atoms with Crippen LogP contribution in [-0.4, -0.2) is 285 Å². The summed E-state index contributed by atoms with van der Waals surface area (Å²) >= 11 is 2.46. The lowest BCUT2D eigenvalue weighted by Crippen LogP contribution is -2.65. The van der Waals surface area contributed by atoms with Gasteiger partial charge in [-0.15, -0.1) is 22.7 Å². The zero-order valence-corrected chi connectivity index (χ0v) is 58.2. The van der Waals surface area contributed by atoms with Crippen molar-refractivity contribution < 1.29 is 120 Å². The maximum Gasteiger partial charge on any atom is 0.404 e. The molecule has 46 heteroatoms. The van der Waals surface area contributed by atoms with E-state index < -0.39 is 193 Å². The number of H-pyrrole nitrogens is 1. The third-order valence-corrected chi connectivity index (χ3v) is 18.3. The molecule has 26 N–H and O–H groups in total. The molecular weight excluding hydrogens is 1430 g/mol. The molecule has 19 atom stereocenters. The second kappa shape index (κ2) is 38.7. The highest BCUT2D eigenvalue weighted by Gasteiger charge is 2.54. The van der Waals surface area contributed by atoms with Crippen LogP contribution in [0.1, 0.15) is 88.0 Å². The minimum atomic E-state index is -4.92. The van der Waals surface area contributed by atoms with E-state index in [2.05, 4.69) is 74.3 Å². The third-order valence-electron chi connectivity index (χ3n) is 15.3. The van der Waals surface area contributed by atoms with E-state index in [1.807, 2.05) is 0 Å². The van der Waals surface area contributed by atoms with Gasteiger partial charge < -0.3 is 135 Å². The van der Waals surface area contributed by atoms with E-state index in [1.54, 1.807) is 5.38 Å². The van der Waals surface area contributed by atoms with Crippen LogP contribution >= 0.6 is 22.7 Å². The van der Waals surface area contributed by atoms with E-state index in [4.69, 9.17) is 69.9 Å². The van der Waals surface area contributed by atoms with Gasteiger partial charge in [0.25, 0.3) is 11.8 Å². The van der Waals surface area contributed by atoms with Crippen molar-refractivity contribution in [3.8, 4) is 10.7 Å². The molecule has 0 spiro atoms. The van der Waals surface area contributed by atoms with E-state index in [9.17, 15) is 74.4 Å². The molecule has 2 fully saturated rings. The number of primary amides is 3. The average molecular weight is 1510 g/mol. The summed E-state index contributed by atoms with van der Waals surface area (Å²) in [6.07, 6.45) is -18.5. The van der Waals surface area contributed by atoms with Gasteiger partial charge in [0.2, 0.25) is 39.9 Å². The third kappa shape index (κ3) is 24.6. The summed E-state index contributed by atoms with van der Waals surface area (Å²) in [6, 6.07) is -7.85. The Balaban J connectivity index is 0.00000354. The number of nitrogen functional groups attached to an aromatic ring is 1. The second-order valence-electron chi connectivity index (χ2n) is 23.2. The monoisotopic (exact) mass is 1510 g/mol. The van der Waals surface area contributed by atoms with Gasteiger partial charge in [0.15, 0.2) is 18.7 Å². The van der Waals surface area contributed by atoms with E-state index in [1.165, 1.54) is 56.6 Å². The SMILES string of the molecule is Cc1c(N)nc([C@H](CC(N)=O)NC[C@H](N)C(N)=O)nc1C(=O)N[C@@H](C(=O)N[C@H](C)[C@@H](O)[C@H](C)C(=O)N[C@@H](C(=O)NCCc1nc(-c2ncc(C(=O)NCCC[S+](C)C)s2)cs1)[C@@H](C)O)[C@@H](O[C@@H]1O[C@@H](CO)[C@@H](O)[C@H](O)[C@@H]1O[C@@H]1O[C@H](CO)[C@@H](O)[C@@H](OC(N)=O)[C@@H]1O)c1cnc[nH]1.O=S(=O)([O-])O. The molecule has 0 bridgehead atoms. The van der Waals surface area contributed by atoms with Crippen molar-refractivity contribution in [1.29, 1.82) is 0 Å². The number of aliphatic hydroxyl groups is 8. The van der Waals surface area contributed by atoms with E-state index in [-0.39, 0.29) is 59.2 Å². The predicted octanol–water partition coefficient (Wildman–Crippen LogP) is -8.70. The summed E-state index contributed by atoms with van der Waals surface area (Å²) in [5, 5.41) is 107. The number of aromatic amines is 1. The Kier molecular flexibility index (Phi) is 32.3. The summed E-state index contributed by atoms with van der Waals surface area (Å²) in [4.78, 5) is 131. The Hall–Kier alpha value is -7.43. The van der Waals surface area contributed by atoms with Crippen LogP contribution in [0.5, 0.6) is 0 Å². The van der Waals surface area contributed by atoms with Gasteiger partial charge >= 0.3 is 6.09 Å². The molecular formula is C55H85N17O25S4. The van der Waals surface area contributed by atoms with Gasteiger partial charge in [0, 0.05) is 49.8 Å². The minimum absolute atomic E-state index is 0.00498. The largest absolute Gasteiger partial charge is 0.726 e. The van der Waals surface area contributed by atoms with Crippen molar-refractivity contribution in [3.05, 3.63) is 56.8 Å². The molecule has 564 valence electrons. The summed E-state index contributed by atoms with van der Waals surface area (Å²) in [7, 11) is -4.66. The lowest BCUT2D eigenvalue weighted by atomic mass is 9.96. The van der Waals surface area contributed by atoms with Crippen LogP contribution in [0.4, 0.5) is 10.6 Å². The quantitative estimate of drug-likeness (QED) is 0.00880. The van der Waals surface area contributed by atoms with Crippen molar-refractivity contribution in [2.24, 2.45) is 28.9 Å². The first kappa shape index (κ1) is 84.2. The first-order chi connectivity index (χ1) is 47.3. The topological polar surface area (TPSA) is 705 Å². The number of aromatic nitrogens is 6. The zero-order chi connectivity index (χ0) is 75.5. The molecule has 4 aromatic rings. The molecule has 4 aromatic heterocycles. The van der Waals surface area contributed by atoms with Crippen molar-refractivity contribution in [2.75, 3.05) is 56.8 Å². The van der Waals surface area contributed by atoms with Gasteiger partial charge in [-0.2, -0.15) is 0 Å². The number of anilines is 1. The number of nitrogens with one attached hydrogen (secondary N) is 7. The van der Waals surface area contributed by atoms with Crippen LogP contribution < -0.4 is 60.6 Å². The molecule has 2 aliphatic rings. The Morgan fingerprint density at radius 3 is 2.07 bits per heavy atom. The highest BCUT2D eigenvalue weighted by molar-refractivity contribution is 7.95. The molecule has 6 heterocycles. The maximum atomic E-state index is 15.2. The molecule has 6 rings (SSSR count). The van der Waals surface area contributed by atoms with Crippen LogP contribution in [0.15, 0.2) is 24.1 Å². The number of ether oxygens (including phenoxy) is 5. The summed E-state index contributed by atoms with van der Waals surface area (Å²) in [5.74, 6) is -7.63. The molecule has 0 radical (unpaired) electrons. The number of carbonyl (C=O) groups is 8. The molecule has 0 aromatic carbocycles. The van der Waals surface area contributed by atoms with Gasteiger partial charge in [-0.1, -0.05) is 6.92 Å². The number of imidazole rings is 1. The van der Waals surface area contributed by atoms with E-state index >= 15 is 4.79 Å². The Labute approximate surface area is 586 Å². The molecule has 8 amide bonds. The lowest BCUT2D eigenvalue weighted by Gasteiger charge is -2.47. The van der Waals surface area contributed by atoms with Crippen molar-refractivity contribution in [1.82, 2.24) is 61.8 Å². The maximum absolute atomic E-state index is 15.2. The van der Waals surface area contributed by atoms with Crippen molar-refractivity contribution in [2.45, 2.75) is 157 Å². The number of nitrogens with two attached hydrogens (primary N) is 5. The first-order valence-corrected chi connectivity index (χ1v) is 35.8. The van der Waals surface area contributed by atoms with Crippen LogP contribution in [-0.2, 0) is 75.4 Å². The summed E-state index contributed by atoms with van der Waals surface area (Å²) in [6.45, 7) is 3.19. The van der Waals surface area contributed by atoms with Crippen LogP contribution in [0.25, 0.3) is 10.7 Å². The predicted molar refractivity (Wildman–Crippen MR) is 351 cm³/mol. The Bertz CT molecular complexity index is 3540. The normalized spacial score (nSPS) is 23.4. The van der Waals surface area contributed by atoms with E-state index in [0.29, 0.717) is 27.1 Å². The van der Waals surface area contributed by atoms with Gasteiger partial charge in [-0.3, -0.25) is 38.1 Å². The fourth-order valence-corrected chi connectivity index (χ4v) is 12.2. The molecule has 0 unspecified atom stereocenters. The number of aliphatic hydroxyl groups excluding tert-OH is 8. The second-order valence-corrected chi connectivity index (χ2v) is 28.4. The van der Waals surface area contributed by atoms with Gasteiger partial charge in [0.1, 0.15) is 99.6 Å². The average Bonchev–Trinajstić information content (AvgIpc) is 1.15. The van der Waals surface area contributed by atoms with Crippen molar-refractivity contribution in [3.63, 3.8) is 0 Å². The molecule has 0 saturated carbocycles. The molecule has 0 aliphatic carbocycles. The number of rotatable bonds is 35. The van der Waals surface area contributed by atoms with Gasteiger partial charge in [-0.25, -0.2) is 38.1 Å². The molecule has 101 heavy (non-hydrogen) atoms.